The maximum absolute atomic E-state index is 9.23. The van der Waals surface area contributed by atoms with Gasteiger partial charge in [0.1, 0.15) is 0 Å². The molecule has 9 heteroatoms. The number of benzene rings is 11. The van der Waals surface area contributed by atoms with Gasteiger partial charge in [0.15, 0.2) is 34.9 Å². The first-order valence-corrected chi connectivity index (χ1v) is 26.7. The van der Waals surface area contributed by atoms with Crippen LogP contribution in [-0.4, -0.2) is 43.6 Å². The lowest BCUT2D eigenvalue weighted by Crippen LogP contribution is -2.05. The van der Waals surface area contributed by atoms with Crippen LogP contribution in [0.25, 0.3) is 151 Å². The van der Waals surface area contributed by atoms with Crippen molar-refractivity contribution in [2.24, 2.45) is 0 Å². The summed E-state index contributed by atoms with van der Waals surface area (Å²) in [6, 6.07) is 79.7. The molecule has 0 aliphatic carbocycles. The lowest BCUT2D eigenvalue weighted by atomic mass is 10.0. The molecule has 16 rings (SSSR count). The predicted octanol–water partition coefficient (Wildman–Crippen LogP) is 17.3. The number of hydrogen-bond donors (Lipinski definition) is 0. The zero-order valence-electron chi connectivity index (χ0n) is 48.1. The summed E-state index contributed by atoms with van der Waals surface area (Å²) in [6.45, 7) is 0. The van der Waals surface area contributed by atoms with Crippen LogP contribution in [0.1, 0.15) is 6.85 Å². The van der Waals surface area contributed by atoms with E-state index in [1.165, 1.54) is 0 Å². The number of hydrogen-bond acceptors (Lipinski definition) is 6. The molecule has 81 heavy (non-hydrogen) atoms. The summed E-state index contributed by atoms with van der Waals surface area (Å²) < 4.78 is 51.4. The van der Waals surface area contributed by atoms with Gasteiger partial charge < -0.3 is 13.7 Å². The van der Waals surface area contributed by atoms with Crippen LogP contribution >= 0.6 is 0 Å². The average Bonchev–Trinajstić information content (AvgIpc) is 1.61. The predicted molar refractivity (Wildman–Crippen MR) is 329 cm³/mol. The molecule has 0 spiro atoms. The molecular weight excluding hydrogens is 991 g/mol. The van der Waals surface area contributed by atoms with Crippen molar-refractivity contribution in [1.82, 2.24) is 43.6 Å². The van der Waals surface area contributed by atoms with Crippen LogP contribution in [0.5, 0.6) is 0 Å². The van der Waals surface area contributed by atoms with Crippen molar-refractivity contribution in [1.29, 1.82) is 0 Å². The van der Waals surface area contributed by atoms with Crippen molar-refractivity contribution in [3.05, 3.63) is 273 Å². The highest BCUT2D eigenvalue weighted by Crippen LogP contribution is 2.45. The normalized spacial score (nSPS) is 12.6. The Morgan fingerprint density at radius 3 is 1.30 bits per heavy atom. The molecule has 0 bridgehead atoms. The first-order chi connectivity index (χ1) is 42.3. The smallest absolute Gasteiger partial charge is 0.166 e. The molecule has 5 aromatic heterocycles. The van der Waals surface area contributed by atoms with E-state index < -0.39 is 30.2 Å². The molecule has 11 aromatic carbocycles. The van der Waals surface area contributed by atoms with Crippen molar-refractivity contribution in [2.75, 3.05) is 0 Å². The minimum absolute atomic E-state index is 0.0862. The topological polar surface area (TPSA) is 92.1 Å². The Morgan fingerprint density at radius 1 is 0.272 bits per heavy atom. The van der Waals surface area contributed by atoms with Crippen molar-refractivity contribution < 1.29 is 6.85 Å². The monoisotopic (exact) mass is 1040 g/mol. The van der Waals surface area contributed by atoms with Crippen LogP contribution in [0.2, 0.25) is 0 Å². The molecule has 0 saturated carbocycles. The lowest BCUT2D eigenvalue weighted by Gasteiger charge is -2.17. The summed E-state index contributed by atoms with van der Waals surface area (Å²) in [5.41, 5.74) is 12.0. The van der Waals surface area contributed by atoms with Crippen LogP contribution in [0.4, 0.5) is 0 Å². The van der Waals surface area contributed by atoms with E-state index in [0.717, 1.165) is 93.6 Å². The fourth-order valence-electron chi connectivity index (χ4n) is 11.7. The second-order valence-corrected chi connectivity index (χ2v) is 19.9. The molecule has 9 nitrogen and oxygen atoms in total. The number of nitrogens with zero attached hydrogens (tertiary/aromatic N) is 9. The van der Waals surface area contributed by atoms with E-state index in [1.807, 2.05) is 121 Å². The summed E-state index contributed by atoms with van der Waals surface area (Å²) >= 11 is 0. The van der Waals surface area contributed by atoms with Crippen molar-refractivity contribution in [3.8, 4) is 85.4 Å². The van der Waals surface area contributed by atoms with Gasteiger partial charge in [-0.3, -0.25) is 0 Å². The van der Waals surface area contributed by atoms with Gasteiger partial charge in [0.05, 0.1) is 45.6 Å². The Morgan fingerprint density at radius 2 is 0.691 bits per heavy atom. The van der Waals surface area contributed by atoms with Gasteiger partial charge in [0, 0.05) is 77.1 Å². The summed E-state index contributed by atoms with van der Waals surface area (Å²) in [5.74, 6) is 1.65. The SMILES string of the molecule is [2H]c1c([2H])c([2H])c(-c2nc(-c3ccc(-n4c5ccccc5c5ccc6c(c7ccccc7n6-c6ccccc6)c54)c(-c4nc(-c5ccccc5)nc(-c5ccccc5)n4)c3)nc(-c3ccc4c(c3)c3ccccc3n4-c3ccccc3)n2)c([2H])c1[2H]. The highest BCUT2D eigenvalue weighted by atomic mass is 15.1. The second kappa shape index (κ2) is 18.8. The average molecular weight is 1040 g/mol. The van der Waals surface area contributed by atoms with E-state index in [2.05, 4.69) is 135 Å². The van der Waals surface area contributed by atoms with E-state index in [-0.39, 0.29) is 23.0 Å². The third kappa shape index (κ3) is 7.62. The van der Waals surface area contributed by atoms with Crippen LogP contribution in [0.15, 0.2) is 273 Å². The number of fused-ring (bicyclic) bond motifs is 10. The van der Waals surface area contributed by atoms with E-state index in [0.29, 0.717) is 34.2 Å². The third-order valence-electron chi connectivity index (χ3n) is 15.2. The molecule has 0 fully saturated rings. The Kier molecular flexibility index (Phi) is 9.51. The van der Waals surface area contributed by atoms with Crippen LogP contribution in [-0.2, 0) is 0 Å². The second-order valence-electron chi connectivity index (χ2n) is 19.9. The van der Waals surface area contributed by atoms with Gasteiger partial charge in [0.25, 0.3) is 0 Å². The van der Waals surface area contributed by atoms with Gasteiger partial charge in [-0.15, -0.1) is 0 Å². The van der Waals surface area contributed by atoms with E-state index in [1.54, 1.807) is 0 Å². The molecule has 0 amide bonds. The maximum Gasteiger partial charge on any atom is 0.166 e. The number of aromatic nitrogens is 9. The Labute approximate surface area is 472 Å². The van der Waals surface area contributed by atoms with Gasteiger partial charge >= 0.3 is 0 Å². The molecule has 0 aliphatic heterocycles. The summed E-state index contributed by atoms with van der Waals surface area (Å²) in [7, 11) is 0. The molecule has 0 atom stereocenters. The van der Waals surface area contributed by atoms with E-state index in [9.17, 15) is 2.74 Å². The highest BCUT2D eigenvalue weighted by Gasteiger charge is 2.25. The quantitative estimate of drug-likeness (QED) is 0.143. The van der Waals surface area contributed by atoms with Crippen molar-refractivity contribution in [2.45, 2.75) is 0 Å². The van der Waals surface area contributed by atoms with E-state index in [4.69, 9.17) is 34.0 Å². The van der Waals surface area contributed by atoms with Gasteiger partial charge in [0.2, 0.25) is 0 Å². The highest BCUT2D eigenvalue weighted by molar-refractivity contribution is 6.26. The summed E-state index contributed by atoms with van der Waals surface area (Å²) in [6.07, 6.45) is 0. The molecule has 0 aliphatic rings. The number of para-hydroxylation sites is 5. The molecular formula is C72H45N9. The molecule has 0 saturated heterocycles. The summed E-state index contributed by atoms with van der Waals surface area (Å²) in [5, 5.41) is 6.22. The third-order valence-corrected chi connectivity index (χ3v) is 15.2. The molecule has 0 radical (unpaired) electrons. The minimum atomic E-state index is -0.521. The zero-order chi connectivity index (χ0) is 57.7. The van der Waals surface area contributed by atoms with Crippen LogP contribution in [0.3, 0.4) is 0 Å². The first kappa shape index (κ1) is 41.0. The van der Waals surface area contributed by atoms with Crippen LogP contribution < -0.4 is 0 Å². The molecule has 16 aromatic rings. The fraction of sp³-hybridized carbons (Fsp3) is 0. The Hall–Kier alpha value is -11.2. The van der Waals surface area contributed by atoms with Crippen molar-refractivity contribution in [3.63, 3.8) is 0 Å². The Bertz CT molecular complexity index is 5330. The van der Waals surface area contributed by atoms with Gasteiger partial charge in [-0.25, -0.2) is 29.9 Å². The molecule has 0 unspecified atom stereocenters. The zero-order valence-corrected chi connectivity index (χ0v) is 43.1. The first-order valence-electron chi connectivity index (χ1n) is 29.2. The summed E-state index contributed by atoms with van der Waals surface area (Å²) in [4.78, 5) is 31.3. The largest absolute Gasteiger partial charge is 0.309 e. The molecule has 5 heterocycles. The van der Waals surface area contributed by atoms with E-state index >= 15 is 0 Å². The van der Waals surface area contributed by atoms with Gasteiger partial charge in [-0.1, -0.05) is 188 Å². The Balaban J connectivity index is 1.00. The maximum atomic E-state index is 9.23. The minimum Gasteiger partial charge on any atom is -0.309 e. The van der Waals surface area contributed by atoms with Crippen molar-refractivity contribution >= 4 is 65.4 Å². The van der Waals surface area contributed by atoms with Gasteiger partial charge in [-0.05, 0) is 84.9 Å². The molecule has 378 valence electrons. The molecule has 0 N–H and O–H groups in total. The fourth-order valence-corrected chi connectivity index (χ4v) is 11.7. The lowest BCUT2D eigenvalue weighted by molar-refractivity contribution is 1.06. The van der Waals surface area contributed by atoms with Crippen LogP contribution in [0, 0.1) is 0 Å². The van der Waals surface area contributed by atoms with Gasteiger partial charge in [-0.2, -0.15) is 0 Å². The number of rotatable bonds is 9. The standard InChI is InChI=1S/C72H45N9/c1-6-22-46(23-7-1)67-74-70(49-38-41-62-57(44-49)54-33-17-19-35-59(54)79(62)51-28-12-4-13-29-51)76-71(75-67)50-39-42-63(58(45-50)72-77-68(47-24-8-2-9-25-47)73-69(78-72)48-26-10-3-11-27-48)81-60-36-20-16-32-53(60)55-40-43-64-65(66(55)81)56-34-18-21-37-61(56)80(64)52-30-14-5-15-31-52/h1-45H/i1D,6D,7D,22D,23D.